The minimum absolute atomic E-state index is 0.673. The molecule has 0 unspecified atom stereocenters. The number of pyridine rings is 1. The van der Waals surface area contributed by atoms with Crippen LogP contribution in [-0.4, -0.2) is 9.55 Å². The summed E-state index contributed by atoms with van der Waals surface area (Å²) < 4.78 is 49.6. The van der Waals surface area contributed by atoms with Gasteiger partial charge in [-0.3, -0.25) is 0 Å². The Hall–Kier alpha value is -8.48. The predicted molar refractivity (Wildman–Crippen MR) is 265 cm³/mol. The number of hydrogen-bond donors (Lipinski definition) is 0. The van der Waals surface area contributed by atoms with Crippen LogP contribution < -0.4 is 0 Å². The van der Waals surface area contributed by atoms with Crippen molar-refractivity contribution in [2.24, 2.45) is 0 Å². The average molecular weight is 857 g/mol. The van der Waals surface area contributed by atoms with Gasteiger partial charge in [0.25, 0.3) is 0 Å². The first-order valence-corrected chi connectivity index (χ1v) is 21.9. The number of para-hydroxylation sites is 1. The first kappa shape index (κ1) is 38.0. The molecule has 10 aromatic carbocycles. The number of hydrogen-bond acceptors (Lipinski definition) is 2. The molecule has 0 N–H and O–H groups in total. The van der Waals surface area contributed by atoms with Crippen LogP contribution in [0.4, 0.5) is 13.2 Å². The van der Waals surface area contributed by atoms with Crippen molar-refractivity contribution in [2.75, 3.05) is 0 Å². The largest absolute Gasteiger partial charge is 0.456 e. The minimum atomic E-state index is -4.42. The summed E-state index contributed by atoms with van der Waals surface area (Å²) in [7, 11) is 0. The maximum Gasteiger partial charge on any atom is 0.416 e. The summed E-state index contributed by atoms with van der Waals surface area (Å²) in [5, 5.41) is 11.0. The number of alkyl halides is 3. The lowest BCUT2D eigenvalue weighted by Gasteiger charge is -2.15. The van der Waals surface area contributed by atoms with Gasteiger partial charge in [-0.25, -0.2) is 4.98 Å². The summed E-state index contributed by atoms with van der Waals surface area (Å²) in [6, 6.07) is 71.0. The summed E-state index contributed by atoms with van der Waals surface area (Å²) in [4.78, 5) is 5.21. The summed E-state index contributed by atoms with van der Waals surface area (Å²) in [6.45, 7) is 0. The number of fused-ring (bicyclic) bond motifs is 12. The van der Waals surface area contributed by atoms with E-state index in [9.17, 15) is 13.2 Å². The lowest BCUT2D eigenvalue weighted by Crippen LogP contribution is -2.03. The molecule has 0 saturated carbocycles. The number of nitrogens with zero attached hydrogens (tertiary/aromatic N) is 2. The van der Waals surface area contributed by atoms with Crippen LogP contribution in [0.1, 0.15) is 5.56 Å². The number of benzene rings is 10. The number of halogens is 3. The molecular weight excluding hydrogens is 822 g/mol. The van der Waals surface area contributed by atoms with Gasteiger partial charge in [0.15, 0.2) is 0 Å². The Bertz CT molecular complexity index is 4020. The highest BCUT2D eigenvalue weighted by molar-refractivity contribution is 6.29. The molecule has 0 atom stereocenters. The molecule has 3 heterocycles. The quantitative estimate of drug-likeness (QED) is 0.162. The molecule has 0 spiro atoms. The topological polar surface area (TPSA) is 31.0 Å². The van der Waals surface area contributed by atoms with Gasteiger partial charge in [0.1, 0.15) is 11.2 Å². The zero-order chi connectivity index (χ0) is 44.1. The zero-order valence-corrected chi connectivity index (χ0v) is 35.1. The molecule has 0 aliphatic heterocycles. The smallest absolute Gasteiger partial charge is 0.416 e. The van der Waals surface area contributed by atoms with Crippen molar-refractivity contribution in [3.05, 3.63) is 218 Å². The van der Waals surface area contributed by atoms with E-state index < -0.39 is 11.7 Å². The fourth-order valence-corrected chi connectivity index (χ4v) is 10.0. The minimum Gasteiger partial charge on any atom is -0.456 e. The third kappa shape index (κ3) is 6.10. The van der Waals surface area contributed by atoms with Crippen molar-refractivity contribution >= 4 is 76.1 Å². The van der Waals surface area contributed by atoms with Crippen molar-refractivity contribution in [1.82, 2.24) is 9.55 Å². The fourth-order valence-electron chi connectivity index (χ4n) is 10.0. The van der Waals surface area contributed by atoms with E-state index in [-0.39, 0.29) is 0 Å². The first-order valence-electron chi connectivity index (χ1n) is 21.9. The normalized spacial score (nSPS) is 12.2. The van der Waals surface area contributed by atoms with Crippen LogP contribution in [0.3, 0.4) is 0 Å². The van der Waals surface area contributed by atoms with E-state index in [1.165, 1.54) is 0 Å². The van der Waals surface area contributed by atoms with Gasteiger partial charge in [0.2, 0.25) is 0 Å². The Labute approximate surface area is 376 Å². The highest BCUT2D eigenvalue weighted by atomic mass is 19.4. The summed E-state index contributed by atoms with van der Waals surface area (Å²) in [5.41, 5.74) is 11.4. The Morgan fingerprint density at radius 1 is 0.333 bits per heavy atom. The number of rotatable bonds is 5. The van der Waals surface area contributed by atoms with Crippen LogP contribution >= 0.6 is 0 Å². The third-order valence-corrected chi connectivity index (χ3v) is 13.2. The van der Waals surface area contributed by atoms with E-state index in [2.05, 4.69) is 132 Å². The number of furan rings is 1. The summed E-state index contributed by atoms with van der Waals surface area (Å²) in [6.07, 6.45) is -4.42. The van der Waals surface area contributed by atoms with Crippen LogP contribution in [-0.2, 0) is 6.18 Å². The molecule has 66 heavy (non-hydrogen) atoms. The molecule has 0 fully saturated rings. The van der Waals surface area contributed by atoms with E-state index >= 15 is 0 Å². The second-order valence-electron chi connectivity index (χ2n) is 17.0. The van der Waals surface area contributed by atoms with Crippen LogP contribution in [0.15, 0.2) is 217 Å². The van der Waals surface area contributed by atoms with Gasteiger partial charge in [0.05, 0.1) is 33.7 Å². The van der Waals surface area contributed by atoms with E-state index in [1.54, 1.807) is 12.1 Å². The third-order valence-electron chi connectivity index (χ3n) is 13.2. The molecule has 0 bridgehead atoms. The second kappa shape index (κ2) is 14.5. The Balaban J connectivity index is 1.11. The maximum absolute atomic E-state index is 13.7. The van der Waals surface area contributed by atoms with Gasteiger partial charge in [-0.15, -0.1) is 0 Å². The SMILES string of the molecule is FC(F)(F)c1ccc(-c2ccc3c(c2)c2cc4c5cc(-c6ccc7oc8ccccc8c7c6)ccc5c5ccccc5c4cc2n3-c2cc(-c3ccccc3)nc(-c3ccccc3)c2)cc1. The molecule has 0 aliphatic carbocycles. The zero-order valence-electron chi connectivity index (χ0n) is 35.1. The molecule has 13 rings (SSSR count). The summed E-state index contributed by atoms with van der Waals surface area (Å²) >= 11 is 0. The van der Waals surface area contributed by atoms with Gasteiger partial charge in [-0.05, 0) is 127 Å². The van der Waals surface area contributed by atoms with E-state index in [0.717, 1.165) is 133 Å². The van der Waals surface area contributed by atoms with Crippen LogP contribution in [0.5, 0.6) is 0 Å². The molecule has 13 aromatic rings. The average Bonchev–Trinajstić information content (AvgIpc) is 3.90. The number of aromatic nitrogens is 2. The Morgan fingerprint density at radius 2 is 0.818 bits per heavy atom. The molecule has 6 heteroatoms. The molecule has 0 radical (unpaired) electrons. The van der Waals surface area contributed by atoms with Gasteiger partial charge < -0.3 is 8.98 Å². The van der Waals surface area contributed by atoms with E-state index in [4.69, 9.17) is 9.40 Å². The molecule has 312 valence electrons. The van der Waals surface area contributed by atoms with Crippen molar-refractivity contribution in [1.29, 1.82) is 0 Å². The van der Waals surface area contributed by atoms with Crippen molar-refractivity contribution in [3.8, 4) is 50.5 Å². The molecule has 3 aromatic heterocycles. The lowest BCUT2D eigenvalue weighted by atomic mass is 9.91. The standard InChI is InChI=1S/C60H35F3N2O/c61-60(62,63)42-24-19-36(20-25-42)39-22-27-56-51(30-39)52-34-49-48-29-40(41-23-28-59-53(31-41)47-17-9-10-18-58(47)66-59)21-26-46(48)44-15-7-8-16-45(44)50(49)35-57(52)65(56)43-32-54(37-11-3-1-4-12-37)64-55(33-43)38-13-5-2-6-14-38/h1-35H. The van der Waals surface area contributed by atoms with Crippen LogP contribution in [0.2, 0.25) is 0 Å². The van der Waals surface area contributed by atoms with Crippen LogP contribution in [0, 0.1) is 0 Å². The molecule has 3 nitrogen and oxygen atoms in total. The lowest BCUT2D eigenvalue weighted by molar-refractivity contribution is -0.137. The van der Waals surface area contributed by atoms with Crippen molar-refractivity contribution in [2.45, 2.75) is 6.18 Å². The van der Waals surface area contributed by atoms with Gasteiger partial charge >= 0.3 is 6.18 Å². The summed E-state index contributed by atoms with van der Waals surface area (Å²) in [5.74, 6) is 0. The predicted octanol–water partition coefficient (Wildman–Crippen LogP) is 17.2. The molecular formula is C60H35F3N2O. The van der Waals surface area contributed by atoms with Crippen LogP contribution in [0.25, 0.3) is 127 Å². The highest BCUT2D eigenvalue weighted by Crippen LogP contribution is 2.44. The first-order chi connectivity index (χ1) is 32.3. The molecule has 0 aliphatic rings. The molecule has 0 saturated heterocycles. The Morgan fingerprint density at radius 3 is 1.52 bits per heavy atom. The van der Waals surface area contributed by atoms with E-state index in [0.29, 0.717) is 5.56 Å². The Kier molecular flexibility index (Phi) is 8.37. The fraction of sp³-hybridized carbons (Fsp3) is 0.0167. The van der Waals surface area contributed by atoms with Crippen molar-refractivity contribution in [3.63, 3.8) is 0 Å². The molecule has 0 amide bonds. The second-order valence-corrected chi connectivity index (χ2v) is 17.0. The monoisotopic (exact) mass is 856 g/mol. The van der Waals surface area contributed by atoms with E-state index in [1.807, 2.05) is 60.7 Å². The highest BCUT2D eigenvalue weighted by Gasteiger charge is 2.30. The van der Waals surface area contributed by atoms with Gasteiger partial charge in [-0.1, -0.05) is 140 Å². The van der Waals surface area contributed by atoms with Gasteiger partial charge in [-0.2, -0.15) is 13.2 Å². The maximum atomic E-state index is 13.7. The van der Waals surface area contributed by atoms with Crippen molar-refractivity contribution < 1.29 is 17.6 Å². The van der Waals surface area contributed by atoms with Gasteiger partial charge in [0, 0.05) is 32.7 Å².